The smallest absolute Gasteiger partial charge is 0.261 e. The molecule has 0 atom stereocenters. The Labute approximate surface area is 203 Å². The number of carbonyl (C=O) groups is 2. The zero-order valence-corrected chi connectivity index (χ0v) is 19.7. The van der Waals surface area contributed by atoms with Crippen molar-refractivity contribution in [2.75, 3.05) is 10.6 Å². The standard InChI is InChI=1S/C25H19N5O2S2/c1-16(31)26-18-11-9-17(10-12-18)21-15-34-25(27-21)28-24(32)20-14-30(19-6-3-2-4-7-19)29-23(20)22-8-5-13-33-22/h2-15H,1H3,(H,26,31)(H,27,28,32). The van der Waals surface area contributed by atoms with Gasteiger partial charge in [-0.25, -0.2) is 9.67 Å². The van der Waals surface area contributed by atoms with Gasteiger partial charge >= 0.3 is 0 Å². The number of amides is 2. The molecule has 0 aliphatic heterocycles. The summed E-state index contributed by atoms with van der Waals surface area (Å²) in [7, 11) is 0. The topological polar surface area (TPSA) is 88.9 Å². The Morgan fingerprint density at radius 2 is 1.71 bits per heavy atom. The molecule has 168 valence electrons. The summed E-state index contributed by atoms with van der Waals surface area (Å²) in [6.45, 7) is 1.47. The van der Waals surface area contributed by atoms with E-state index in [1.807, 2.05) is 77.5 Å². The number of thiazole rings is 1. The molecule has 0 radical (unpaired) electrons. The van der Waals surface area contributed by atoms with E-state index in [1.54, 1.807) is 10.9 Å². The number of anilines is 2. The predicted molar refractivity (Wildman–Crippen MR) is 137 cm³/mol. The molecule has 3 aromatic heterocycles. The highest BCUT2D eigenvalue weighted by atomic mass is 32.1. The Morgan fingerprint density at radius 3 is 2.41 bits per heavy atom. The lowest BCUT2D eigenvalue weighted by Gasteiger charge is -2.03. The van der Waals surface area contributed by atoms with Crippen LogP contribution >= 0.6 is 22.7 Å². The molecule has 2 aromatic carbocycles. The Hall–Kier alpha value is -4.08. The number of nitrogens with zero attached hydrogens (tertiary/aromatic N) is 3. The maximum atomic E-state index is 13.2. The molecule has 0 fully saturated rings. The lowest BCUT2D eigenvalue weighted by atomic mass is 10.1. The largest absolute Gasteiger partial charge is 0.326 e. The van der Waals surface area contributed by atoms with Gasteiger partial charge < -0.3 is 5.32 Å². The van der Waals surface area contributed by atoms with E-state index >= 15 is 0 Å². The van der Waals surface area contributed by atoms with Crippen LogP contribution in [0.2, 0.25) is 0 Å². The van der Waals surface area contributed by atoms with Crippen molar-refractivity contribution < 1.29 is 9.59 Å². The van der Waals surface area contributed by atoms with E-state index in [2.05, 4.69) is 20.7 Å². The van der Waals surface area contributed by atoms with Gasteiger partial charge in [0.1, 0.15) is 5.69 Å². The number of para-hydroxylation sites is 1. The van der Waals surface area contributed by atoms with Crippen LogP contribution in [0.1, 0.15) is 17.3 Å². The van der Waals surface area contributed by atoms with Crippen molar-refractivity contribution in [1.82, 2.24) is 14.8 Å². The minimum Gasteiger partial charge on any atom is -0.326 e. The first-order valence-corrected chi connectivity index (χ1v) is 12.2. The maximum Gasteiger partial charge on any atom is 0.261 e. The normalized spacial score (nSPS) is 10.7. The van der Waals surface area contributed by atoms with Gasteiger partial charge in [-0.1, -0.05) is 36.4 Å². The van der Waals surface area contributed by atoms with Crippen molar-refractivity contribution in [3.8, 4) is 27.5 Å². The fourth-order valence-corrected chi connectivity index (χ4v) is 4.84. The Morgan fingerprint density at radius 1 is 0.912 bits per heavy atom. The summed E-state index contributed by atoms with van der Waals surface area (Å²) in [6.07, 6.45) is 1.75. The second-order valence-corrected chi connectivity index (χ2v) is 9.21. The second-order valence-electron chi connectivity index (χ2n) is 7.40. The summed E-state index contributed by atoms with van der Waals surface area (Å²) < 4.78 is 1.72. The van der Waals surface area contributed by atoms with Gasteiger partial charge in [-0.3, -0.25) is 14.9 Å². The molecular formula is C25H19N5O2S2. The number of thiophene rings is 1. The van der Waals surface area contributed by atoms with E-state index in [9.17, 15) is 9.59 Å². The molecule has 9 heteroatoms. The van der Waals surface area contributed by atoms with E-state index in [-0.39, 0.29) is 11.8 Å². The first kappa shape index (κ1) is 21.7. The van der Waals surface area contributed by atoms with E-state index in [1.165, 1.54) is 29.6 Å². The second kappa shape index (κ2) is 9.42. The van der Waals surface area contributed by atoms with Gasteiger partial charge in [-0.05, 0) is 35.7 Å². The molecule has 5 rings (SSSR count). The van der Waals surface area contributed by atoms with Crippen LogP contribution in [0.3, 0.4) is 0 Å². The fraction of sp³-hybridized carbons (Fsp3) is 0.0400. The lowest BCUT2D eigenvalue weighted by molar-refractivity contribution is -0.114. The van der Waals surface area contributed by atoms with Crippen LogP contribution in [0.25, 0.3) is 27.5 Å². The third kappa shape index (κ3) is 4.66. The minimum absolute atomic E-state index is 0.121. The van der Waals surface area contributed by atoms with Crippen LogP contribution in [0.5, 0.6) is 0 Å². The molecular weight excluding hydrogens is 466 g/mol. The maximum absolute atomic E-state index is 13.2. The van der Waals surface area contributed by atoms with Gasteiger partial charge in [0.05, 0.1) is 21.8 Å². The van der Waals surface area contributed by atoms with Crippen LogP contribution in [-0.4, -0.2) is 26.6 Å². The lowest BCUT2D eigenvalue weighted by Crippen LogP contribution is -2.12. The summed E-state index contributed by atoms with van der Waals surface area (Å²) in [5.74, 6) is -0.392. The number of carbonyl (C=O) groups excluding carboxylic acids is 2. The van der Waals surface area contributed by atoms with Crippen LogP contribution in [0.15, 0.2) is 83.7 Å². The van der Waals surface area contributed by atoms with Crippen LogP contribution < -0.4 is 10.6 Å². The zero-order valence-electron chi connectivity index (χ0n) is 18.1. The average molecular weight is 486 g/mol. The highest BCUT2D eigenvalue weighted by molar-refractivity contribution is 7.14. The molecule has 0 saturated heterocycles. The number of rotatable bonds is 6. The first-order valence-electron chi connectivity index (χ1n) is 10.4. The van der Waals surface area contributed by atoms with Gasteiger partial charge in [0.25, 0.3) is 5.91 Å². The molecule has 0 unspecified atom stereocenters. The van der Waals surface area contributed by atoms with Gasteiger partial charge in [0.2, 0.25) is 5.91 Å². The molecule has 0 aliphatic rings. The van der Waals surface area contributed by atoms with Crippen LogP contribution in [-0.2, 0) is 4.79 Å². The number of hydrogen-bond acceptors (Lipinski definition) is 6. The van der Waals surface area contributed by atoms with Crippen molar-refractivity contribution >= 4 is 45.3 Å². The molecule has 2 amide bonds. The van der Waals surface area contributed by atoms with E-state index in [0.29, 0.717) is 16.4 Å². The van der Waals surface area contributed by atoms with Crippen molar-refractivity contribution in [1.29, 1.82) is 0 Å². The Balaban J connectivity index is 1.39. The molecule has 0 saturated carbocycles. The molecule has 34 heavy (non-hydrogen) atoms. The molecule has 2 N–H and O–H groups in total. The van der Waals surface area contributed by atoms with Gasteiger partial charge in [0.15, 0.2) is 5.13 Å². The van der Waals surface area contributed by atoms with Gasteiger partial charge in [-0.15, -0.1) is 22.7 Å². The molecule has 5 aromatic rings. The number of nitrogens with one attached hydrogen (secondary N) is 2. The number of benzene rings is 2. The third-order valence-electron chi connectivity index (χ3n) is 4.96. The number of aromatic nitrogens is 3. The van der Waals surface area contributed by atoms with E-state index in [0.717, 1.165) is 27.5 Å². The predicted octanol–water partition coefficient (Wildman–Crippen LogP) is 5.94. The van der Waals surface area contributed by atoms with Gasteiger partial charge in [0, 0.05) is 29.8 Å². The van der Waals surface area contributed by atoms with Crippen LogP contribution in [0, 0.1) is 0 Å². The molecule has 0 bridgehead atoms. The first-order chi connectivity index (χ1) is 16.6. The summed E-state index contributed by atoms with van der Waals surface area (Å²) in [4.78, 5) is 29.9. The summed E-state index contributed by atoms with van der Waals surface area (Å²) in [5.41, 5.74) is 4.33. The molecule has 3 heterocycles. The minimum atomic E-state index is -0.271. The van der Waals surface area contributed by atoms with Crippen molar-refractivity contribution in [2.24, 2.45) is 0 Å². The molecule has 0 aliphatic carbocycles. The van der Waals surface area contributed by atoms with Crippen LogP contribution in [0.4, 0.5) is 10.8 Å². The highest BCUT2D eigenvalue weighted by Crippen LogP contribution is 2.30. The Kier molecular flexibility index (Phi) is 6.03. The monoisotopic (exact) mass is 485 g/mol. The zero-order chi connectivity index (χ0) is 23.5. The highest BCUT2D eigenvalue weighted by Gasteiger charge is 2.20. The summed E-state index contributed by atoms with van der Waals surface area (Å²) >= 11 is 2.88. The van der Waals surface area contributed by atoms with Crippen molar-refractivity contribution in [2.45, 2.75) is 6.92 Å². The van der Waals surface area contributed by atoms with Gasteiger partial charge in [-0.2, -0.15) is 5.10 Å². The SMILES string of the molecule is CC(=O)Nc1ccc(-c2csc(NC(=O)c3cn(-c4ccccc4)nc3-c3cccs3)n2)cc1. The molecule has 0 spiro atoms. The quantitative estimate of drug-likeness (QED) is 0.312. The average Bonchev–Trinajstić information content (AvgIpc) is 3.60. The van der Waals surface area contributed by atoms with Crippen molar-refractivity contribution in [3.63, 3.8) is 0 Å². The molecule has 7 nitrogen and oxygen atoms in total. The third-order valence-corrected chi connectivity index (χ3v) is 6.59. The fourth-order valence-electron chi connectivity index (χ4n) is 3.40. The summed E-state index contributed by atoms with van der Waals surface area (Å²) in [5, 5.41) is 14.7. The summed E-state index contributed by atoms with van der Waals surface area (Å²) in [6, 6.07) is 21.0. The van der Waals surface area contributed by atoms with E-state index in [4.69, 9.17) is 0 Å². The Bertz CT molecular complexity index is 1440. The van der Waals surface area contributed by atoms with Crippen molar-refractivity contribution in [3.05, 3.63) is 89.3 Å². The number of hydrogen-bond donors (Lipinski definition) is 2. The van der Waals surface area contributed by atoms with E-state index < -0.39 is 0 Å².